The van der Waals surface area contributed by atoms with Crippen molar-refractivity contribution in [1.82, 2.24) is 4.98 Å². The Morgan fingerprint density at radius 2 is 2.25 bits per heavy atom. The van der Waals surface area contributed by atoms with Gasteiger partial charge in [0.1, 0.15) is 0 Å². The molecule has 0 fully saturated rings. The molecule has 1 rings (SSSR count). The second-order valence-electron chi connectivity index (χ2n) is 2.27. The van der Waals surface area contributed by atoms with E-state index in [1.54, 1.807) is 20.4 Å². The maximum atomic E-state index is 4.98. The molecule has 4 heteroatoms. The van der Waals surface area contributed by atoms with E-state index in [2.05, 4.69) is 20.9 Å². The predicted octanol–water partition coefficient (Wildman–Crippen LogP) is 2.00. The molecule has 0 aliphatic heterocycles. The third kappa shape index (κ3) is 2.19. The summed E-state index contributed by atoms with van der Waals surface area (Å²) in [6.07, 6.45) is 1.73. The molecule has 1 aromatic rings. The van der Waals surface area contributed by atoms with Gasteiger partial charge in [0.2, 0.25) is 5.88 Å². The summed E-state index contributed by atoms with van der Waals surface area (Å²) in [5.74, 6) is 0.592. The maximum Gasteiger partial charge on any atom is 0.227 e. The van der Waals surface area contributed by atoms with Gasteiger partial charge in [-0.25, -0.2) is 4.98 Å². The highest BCUT2D eigenvalue weighted by Gasteiger charge is 2.01. The van der Waals surface area contributed by atoms with Crippen LogP contribution >= 0.6 is 15.9 Å². The van der Waals surface area contributed by atoms with Crippen molar-refractivity contribution in [3.63, 3.8) is 0 Å². The van der Waals surface area contributed by atoms with Gasteiger partial charge in [0, 0.05) is 13.3 Å². The van der Waals surface area contributed by atoms with E-state index in [-0.39, 0.29) is 0 Å². The SMILES string of the molecule is COCc1cnc(OC)c(Br)c1. The molecule has 0 atom stereocenters. The molecule has 0 saturated heterocycles. The third-order valence-corrected chi connectivity index (χ3v) is 1.94. The first-order valence-electron chi connectivity index (χ1n) is 3.45. The van der Waals surface area contributed by atoms with Gasteiger partial charge in [-0.05, 0) is 27.6 Å². The summed E-state index contributed by atoms with van der Waals surface area (Å²) in [6, 6.07) is 1.93. The second-order valence-corrected chi connectivity index (χ2v) is 3.12. The van der Waals surface area contributed by atoms with Gasteiger partial charge in [-0.15, -0.1) is 0 Å². The van der Waals surface area contributed by atoms with Crippen molar-refractivity contribution in [2.45, 2.75) is 6.61 Å². The van der Waals surface area contributed by atoms with E-state index < -0.39 is 0 Å². The van der Waals surface area contributed by atoms with Gasteiger partial charge in [0.05, 0.1) is 18.2 Å². The molecule has 66 valence electrons. The van der Waals surface area contributed by atoms with Gasteiger partial charge in [-0.2, -0.15) is 0 Å². The van der Waals surface area contributed by atoms with Gasteiger partial charge >= 0.3 is 0 Å². The van der Waals surface area contributed by atoms with Crippen LogP contribution in [0.15, 0.2) is 16.7 Å². The fourth-order valence-electron chi connectivity index (χ4n) is 0.861. The molecule has 0 N–H and O–H groups in total. The Kier molecular flexibility index (Phi) is 3.49. The standard InChI is InChI=1S/C8H10BrNO2/c1-11-5-6-3-7(9)8(12-2)10-4-6/h3-4H,5H2,1-2H3. The number of ether oxygens (including phenoxy) is 2. The largest absolute Gasteiger partial charge is 0.480 e. The maximum absolute atomic E-state index is 4.98. The van der Waals surface area contributed by atoms with Crippen LogP contribution in [0.5, 0.6) is 5.88 Å². The van der Waals surface area contributed by atoms with Crippen LogP contribution in [0.4, 0.5) is 0 Å². The number of methoxy groups -OCH3 is 2. The minimum absolute atomic E-state index is 0.565. The van der Waals surface area contributed by atoms with Crippen molar-refractivity contribution in [2.24, 2.45) is 0 Å². The van der Waals surface area contributed by atoms with E-state index in [9.17, 15) is 0 Å². The smallest absolute Gasteiger partial charge is 0.227 e. The van der Waals surface area contributed by atoms with Crippen LogP contribution in [0, 0.1) is 0 Å². The number of halogens is 1. The summed E-state index contributed by atoms with van der Waals surface area (Å²) in [5, 5.41) is 0. The second kappa shape index (κ2) is 4.42. The van der Waals surface area contributed by atoms with Gasteiger partial charge in [-0.3, -0.25) is 0 Å². The first-order chi connectivity index (χ1) is 5.77. The molecular formula is C8H10BrNO2. The van der Waals surface area contributed by atoms with E-state index in [4.69, 9.17) is 9.47 Å². The molecule has 0 amide bonds. The lowest BCUT2D eigenvalue weighted by molar-refractivity contribution is 0.184. The molecule has 0 spiro atoms. The minimum atomic E-state index is 0.565. The van der Waals surface area contributed by atoms with Gasteiger partial charge in [0.15, 0.2) is 0 Å². The lowest BCUT2D eigenvalue weighted by Crippen LogP contribution is -1.93. The van der Waals surface area contributed by atoms with E-state index in [0.29, 0.717) is 12.5 Å². The molecule has 3 nitrogen and oxygen atoms in total. The Morgan fingerprint density at radius 3 is 2.75 bits per heavy atom. The number of hydrogen-bond donors (Lipinski definition) is 0. The lowest BCUT2D eigenvalue weighted by atomic mass is 10.3. The van der Waals surface area contributed by atoms with E-state index in [0.717, 1.165) is 10.0 Å². The van der Waals surface area contributed by atoms with Crippen molar-refractivity contribution in [3.8, 4) is 5.88 Å². The molecule has 0 aliphatic rings. The fraction of sp³-hybridized carbons (Fsp3) is 0.375. The van der Waals surface area contributed by atoms with Crippen molar-refractivity contribution >= 4 is 15.9 Å². The molecule has 0 unspecified atom stereocenters. The topological polar surface area (TPSA) is 31.4 Å². The number of nitrogens with zero attached hydrogens (tertiary/aromatic N) is 1. The molecular weight excluding hydrogens is 222 g/mol. The Morgan fingerprint density at radius 1 is 1.50 bits per heavy atom. The molecule has 0 radical (unpaired) electrons. The molecule has 1 heterocycles. The van der Waals surface area contributed by atoms with Gasteiger partial charge in [0.25, 0.3) is 0 Å². The van der Waals surface area contributed by atoms with Crippen LogP contribution in [-0.2, 0) is 11.3 Å². The molecule has 0 bridgehead atoms. The first-order valence-corrected chi connectivity index (χ1v) is 4.24. The zero-order valence-corrected chi connectivity index (χ0v) is 8.59. The molecule has 1 aromatic heterocycles. The Bertz CT molecular complexity index is 265. The summed E-state index contributed by atoms with van der Waals surface area (Å²) >= 11 is 3.33. The molecule has 12 heavy (non-hydrogen) atoms. The van der Waals surface area contributed by atoms with Crippen molar-refractivity contribution in [2.75, 3.05) is 14.2 Å². The average molecular weight is 232 g/mol. The summed E-state index contributed by atoms with van der Waals surface area (Å²) in [5.41, 5.74) is 1.02. The monoisotopic (exact) mass is 231 g/mol. The van der Waals surface area contributed by atoms with Crippen LogP contribution in [0.3, 0.4) is 0 Å². The predicted molar refractivity (Wildman–Crippen MR) is 49.2 cm³/mol. The Balaban J connectivity index is 2.86. The number of rotatable bonds is 3. The molecule has 0 aliphatic carbocycles. The summed E-state index contributed by atoms with van der Waals surface area (Å²) in [6.45, 7) is 0.565. The van der Waals surface area contributed by atoms with Gasteiger partial charge in [-0.1, -0.05) is 0 Å². The number of aromatic nitrogens is 1. The van der Waals surface area contributed by atoms with Crippen molar-refractivity contribution in [3.05, 3.63) is 22.3 Å². The minimum Gasteiger partial charge on any atom is -0.480 e. The molecule has 0 aromatic carbocycles. The third-order valence-electron chi connectivity index (χ3n) is 1.37. The van der Waals surface area contributed by atoms with Crippen LogP contribution in [0.2, 0.25) is 0 Å². The van der Waals surface area contributed by atoms with Gasteiger partial charge < -0.3 is 9.47 Å². The highest BCUT2D eigenvalue weighted by Crippen LogP contribution is 2.22. The Labute approximate surface area is 79.8 Å². The lowest BCUT2D eigenvalue weighted by Gasteiger charge is -2.03. The summed E-state index contributed by atoms with van der Waals surface area (Å²) in [4.78, 5) is 4.07. The summed E-state index contributed by atoms with van der Waals surface area (Å²) in [7, 11) is 3.24. The normalized spacial score (nSPS) is 9.92. The van der Waals surface area contributed by atoms with Crippen LogP contribution in [0.1, 0.15) is 5.56 Å². The van der Waals surface area contributed by atoms with E-state index in [1.165, 1.54) is 0 Å². The van der Waals surface area contributed by atoms with E-state index >= 15 is 0 Å². The number of hydrogen-bond acceptors (Lipinski definition) is 3. The van der Waals surface area contributed by atoms with E-state index in [1.807, 2.05) is 6.07 Å². The molecule has 0 saturated carbocycles. The Hall–Kier alpha value is -0.610. The summed E-state index contributed by atoms with van der Waals surface area (Å²) < 4.78 is 10.8. The zero-order valence-electron chi connectivity index (χ0n) is 7.00. The number of pyridine rings is 1. The van der Waals surface area contributed by atoms with Crippen molar-refractivity contribution in [1.29, 1.82) is 0 Å². The van der Waals surface area contributed by atoms with Crippen LogP contribution < -0.4 is 4.74 Å². The van der Waals surface area contributed by atoms with Crippen molar-refractivity contribution < 1.29 is 9.47 Å². The highest BCUT2D eigenvalue weighted by atomic mass is 79.9. The quantitative estimate of drug-likeness (QED) is 0.798. The van der Waals surface area contributed by atoms with Crippen LogP contribution in [0.25, 0.3) is 0 Å². The average Bonchev–Trinajstić information content (AvgIpc) is 2.05. The fourth-order valence-corrected chi connectivity index (χ4v) is 1.42. The zero-order chi connectivity index (χ0) is 8.97. The van der Waals surface area contributed by atoms with Crippen LogP contribution in [-0.4, -0.2) is 19.2 Å². The first kappa shape index (κ1) is 9.48. The highest BCUT2D eigenvalue weighted by molar-refractivity contribution is 9.10.